The van der Waals surface area contributed by atoms with Crippen LogP contribution in [0, 0.1) is 6.92 Å². The maximum absolute atomic E-state index is 9.59. The summed E-state index contributed by atoms with van der Waals surface area (Å²) in [6.07, 6.45) is 0. The Kier molecular flexibility index (Phi) is 2.72. The molecule has 0 atom stereocenters. The Balaban J connectivity index is 2.24. The Morgan fingerprint density at radius 1 is 1.16 bits per heavy atom. The lowest BCUT2D eigenvalue weighted by Crippen LogP contribution is -1.92. The number of halogens is 1. The minimum absolute atomic E-state index is 0.297. The van der Waals surface area contributed by atoms with Gasteiger partial charge in [-0.25, -0.2) is 4.98 Å². The van der Waals surface area contributed by atoms with Crippen molar-refractivity contribution in [1.29, 1.82) is 0 Å². The third-order valence-corrected chi connectivity index (χ3v) is 3.53. The number of aryl methyl sites for hydroxylation is 2. The highest BCUT2D eigenvalue weighted by atomic mass is 35.5. The molecule has 96 valence electrons. The molecule has 1 heterocycles. The summed E-state index contributed by atoms with van der Waals surface area (Å²) in [4.78, 5) is 4.61. The first kappa shape index (κ1) is 12.1. The molecule has 3 rings (SSSR count). The van der Waals surface area contributed by atoms with Crippen molar-refractivity contribution in [3.05, 3.63) is 47.0 Å². The highest BCUT2D eigenvalue weighted by Crippen LogP contribution is 2.28. The Morgan fingerprint density at radius 2 is 1.95 bits per heavy atom. The number of fused-ring (bicyclic) bond motifs is 1. The van der Waals surface area contributed by atoms with Crippen LogP contribution in [0.1, 0.15) is 5.56 Å². The fourth-order valence-electron chi connectivity index (χ4n) is 2.23. The number of aromatic nitrogens is 2. The van der Waals surface area contributed by atoms with E-state index in [9.17, 15) is 5.11 Å². The topological polar surface area (TPSA) is 38.0 Å². The fourth-order valence-corrected chi connectivity index (χ4v) is 2.39. The van der Waals surface area contributed by atoms with Crippen LogP contribution in [0.2, 0.25) is 5.02 Å². The van der Waals surface area contributed by atoms with Gasteiger partial charge in [-0.05, 0) is 48.9 Å². The smallest absolute Gasteiger partial charge is 0.140 e. The first-order valence-corrected chi connectivity index (χ1v) is 6.36. The molecule has 3 aromatic rings. The molecule has 0 saturated heterocycles. The van der Waals surface area contributed by atoms with Gasteiger partial charge in [0.25, 0.3) is 0 Å². The summed E-state index contributed by atoms with van der Waals surface area (Å²) in [5, 5.41) is 10.3. The van der Waals surface area contributed by atoms with Crippen LogP contribution < -0.4 is 0 Å². The standard InChI is InChI=1S/C15H13ClN2O/c1-9-7-10(3-6-14(9)19)15-17-12-8-11(16)4-5-13(12)18(15)2/h3-8,19H,1-2H3. The molecule has 1 N–H and O–H groups in total. The summed E-state index contributed by atoms with van der Waals surface area (Å²) < 4.78 is 2.03. The van der Waals surface area contributed by atoms with Crippen LogP contribution in [0.4, 0.5) is 0 Å². The second-order valence-corrected chi connectivity index (χ2v) is 5.07. The van der Waals surface area contributed by atoms with Gasteiger partial charge in [0, 0.05) is 17.6 Å². The number of aromatic hydroxyl groups is 1. The molecule has 0 saturated carbocycles. The molecule has 0 unspecified atom stereocenters. The van der Waals surface area contributed by atoms with Gasteiger partial charge in [0.2, 0.25) is 0 Å². The van der Waals surface area contributed by atoms with Crippen LogP contribution in [-0.2, 0) is 7.05 Å². The van der Waals surface area contributed by atoms with Crippen LogP contribution in [0.15, 0.2) is 36.4 Å². The van der Waals surface area contributed by atoms with Crippen molar-refractivity contribution < 1.29 is 5.11 Å². The summed E-state index contributed by atoms with van der Waals surface area (Å²) in [5.41, 5.74) is 3.72. The van der Waals surface area contributed by atoms with E-state index in [4.69, 9.17) is 11.6 Å². The van der Waals surface area contributed by atoms with Gasteiger partial charge in [-0.1, -0.05) is 11.6 Å². The molecule has 0 fully saturated rings. The number of hydrogen-bond acceptors (Lipinski definition) is 2. The number of rotatable bonds is 1. The molecule has 3 nitrogen and oxygen atoms in total. The lowest BCUT2D eigenvalue weighted by atomic mass is 10.1. The van der Waals surface area contributed by atoms with Crippen molar-refractivity contribution >= 4 is 22.6 Å². The normalized spacial score (nSPS) is 11.1. The van der Waals surface area contributed by atoms with Gasteiger partial charge in [0.1, 0.15) is 11.6 Å². The van der Waals surface area contributed by atoms with E-state index in [1.807, 2.05) is 48.9 Å². The SMILES string of the molecule is Cc1cc(-c2nc3cc(Cl)ccc3n2C)ccc1O. The van der Waals surface area contributed by atoms with Gasteiger partial charge >= 0.3 is 0 Å². The van der Waals surface area contributed by atoms with Gasteiger partial charge in [0.05, 0.1) is 11.0 Å². The minimum Gasteiger partial charge on any atom is -0.508 e. The maximum atomic E-state index is 9.59. The molecule has 0 aliphatic heterocycles. The van der Waals surface area contributed by atoms with Gasteiger partial charge in [-0.2, -0.15) is 0 Å². The second-order valence-electron chi connectivity index (χ2n) is 4.63. The molecular weight excluding hydrogens is 260 g/mol. The lowest BCUT2D eigenvalue weighted by molar-refractivity contribution is 0.471. The van der Waals surface area contributed by atoms with Crippen molar-refractivity contribution in [3.63, 3.8) is 0 Å². The van der Waals surface area contributed by atoms with Crippen molar-refractivity contribution in [3.8, 4) is 17.1 Å². The number of phenolic OH excluding ortho intramolecular Hbond substituents is 1. The summed E-state index contributed by atoms with van der Waals surface area (Å²) in [6.45, 7) is 1.87. The zero-order valence-corrected chi connectivity index (χ0v) is 11.4. The molecule has 0 aliphatic rings. The zero-order valence-electron chi connectivity index (χ0n) is 10.7. The van der Waals surface area contributed by atoms with Crippen molar-refractivity contribution in [2.45, 2.75) is 6.92 Å². The molecule has 19 heavy (non-hydrogen) atoms. The summed E-state index contributed by atoms with van der Waals surface area (Å²) in [7, 11) is 1.97. The summed E-state index contributed by atoms with van der Waals surface area (Å²) in [5.74, 6) is 1.16. The lowest BCUT2D eigenvalue weighted by Gasteiger charge is -2.05. The molecule has 0 radical (unpaired) electrons. The maximum Gasteiger partial charge on any atom is 0.140 e. The van der Waals surface area contributed by atoms with Crippen molar-refractivity contribution in [2.75, 3.05) is 0 Å². The number of nitrogens with zero attached hydrogens (tertiary/aromatic N) is 2. The number of imidazole rings is 1. The largest absolute Gasteiger partial charge is 0.508 e. The predicted molar refractivity (Wildman–Crippen MR) is 77.6 cm³/mol. The first-order valence-electron chi connectivity index (χ1n) is 5.98. The molecule has 4 heteroatoms. The molecule has 0 bridgehead atoms. The van der Waals surface area contributed by atoms with Gasteiger partial charge in [-0.3, -0.25) is 0 Å². The average Bonchev–Trinajstić information content (AvgIpc) is 2.70. The predicted octanol–water partition coefficient (Wildman–Crippen LogP) is 3.91. The minimum atomic E-state index is 0.297. The van der Waals surface area contributed by atoms with Gasteiger partial charge < -0.3 is 9.67 Å². The Morgan fingerprint density at radius 3 is 2.68 bits per heavy atom. The Bertz CT molecular complexity index is 777. The molecular formula is C15H13ClN2O. The molecule has 0 aliphatic carbocycles. The quantitative estimate of drug-likeness (QED) is 0.729. The van der Waals surface area contributed by atoms with Crippen LogP contribution >= 0.6 is 11.6 Å². The van der Waals surface area contributed by atoms with E-state index in [-0.39, 0.29) is 0 Å². The highest BCUT2D eigenvalue weighted by molar-refractivity contribution is 6.31. The van der Waals surface area contributed by atoms with Crippen LogP contribution in [0.25, 0.3) is 22.4 Å². The van der Waals surface area contributed by atoms with Crippen LogP contribution in [0.5, 0.6) is 5.75 Å². The number of phenols is 1. The van der Waals surface area contributed by atoms with E-state index in [0.29, 0.717) is 10.8 Å². The Labute approximate surface area is 116 Å². The highest BCUT2D eigenvalue weighted by Gasteiger charge is 2.11. The molecule has 1 aromatic heterocycles. The Hall–Kier alpha value is -2.00. The van der Waals surface area contributed by atoms with Crippen molar-refractivity contribution in [2.24, 2.45) is 7.05 Å². The summed E-state index contributed by atoms with van der Waals surface area (Å²) in [6, 6.07) is 11.2. The first-order chi connectivity index (χ1) is 9.06. The van der Waals surface area contributed by atoms with E-state index in [2.05, 4.69) is 4.98 Å². The average molecular weight is 273 g/mol. The van der Waals surface area contributed by atoms with E-state index in [1.54, 1.807) is 6.07 Å². The monoisotopic (exact) mass is 272 g/mol. The number of benzene rings is 2. The third-order valence-electron chi connectivity index (χ3n) is 3.30. The molecule has 2 aromatic carbocycles. The van der Waals surface area contributed by atoms with E-state index in [0.717, 1.165) is 28.0 Å². The zero-order chi connectivity index (χ0) is 13.6. The van der Waals surface area contributed by atoms with Crippen LogP contribution in [-0.4, -0.2) is 14.7 Å². The number of hydrogen-bond donors (Lipinski definition) is 1. The third kappa shape index (κ3) is 1.96. The van der Waals surface area contributed by atoms with E-state index in [1.165, 1.54) is 0 Å². The van der Waals surface area contributed by atoms with E-state index < -0.39 is 0 Å². The van der Waals surface area contributed by atoms with Gasteiger partial charge in [0.15, 0.2) is 0 Å². The second kappa shape index (κ2) is 4.28. The fraction of sp³-hybridized carbons (Fsp3) is 0.133. The van der Waals surface area contributed by atoms with Gasteiger partial charge in [-0.15, -0.1) is 0 Å². The van der Waals surface area contributed by atoms with Crippen LogP contribution in [0.3, 0.4) is 0 Å². The van der Waals surface area contributed by atoms with E-state index >= 15 is 0 Å². The van der Waals surface area contributed by atoms with Crippen molar-refractivity contribution in [1.82, 2.24) is 9.55 Å². The molecule has 0 amide bonds. The summed E-state index contributed by atoms with van der Waals surface area (Å²) >= 11 is 5.99. The molecule has 0 spiro atoms.